The highest BCUT2D eigenvalue weighted by atomic mass is 19.1. The molecule has 5 nitrogen and oxygen atoms in total. The molecule has 4 rings (SSSR count). The van der Waals surface area contributed by atoms with E-state index in [1.165, 1.54) is 25.3 Å². The first-order chi connectivity index (χ1) is 12.8. The predicted molar refractivity (Wildman–Crippen MR) is 103 cm³/mol. The Kier molecular flexibility index (Phi) is 5.18. The van der Waals surface area contributed by atoms with E-state index >= 15 is 0 Å². The highest BCUT2D eigenvalue weighted by molar-refractivity contribution is 5.48. The second kappa shape index (κ2) is 7.89. The van der Waals surface area contributed by atoms with Crippen molar-refractivity contribution in [2.24, 2.45) is 0 Å². The Balaban J connectivity index is 1.42. The van der Waals surface area contributed by atoms with Gasteiger partial charge in [-0.2, -0.15) is 4.98 Å². The quantitative estimate of drug-likeness (QED) is 0.906. The molecule has 6 heteroatoms. The molecule has 2 aliphatic rings. The van der Waals surface area contributed by atoms with Gasteiger partial charge in [-0.3, -0.25) is 0 Å². The van der Waals surface area contributed by atoms with Crippen LogP contribution in [0.4, 0.5) is 21.8 Å². The summed E-state index contributed by atoms with van der Waals surface area (Å²) in [4.78, 5) is 13.7. The summed E-state index contributed by atoms with van der Waals surface area (Å²) in [6.07, 6.45) is 7.76. The molecule has 0 saturated carbocycles. The van der Waals surface area contributed by atoms with E-state index in [1.807, 2.05) is 18.3 Å². The van der Waals surface area contributed by atoms with Crippen molar-refractivity contribution < 1.29 is 4.39 Å². The first kappa shape index (κ1) is 17.1. The summed E-state index contributed by atoms with van der Waals surface area (Å²) in [5, 5.41) is 3.49. The lowest BCUT2D eigenvalue weighted by Crippen LogP contribution is -2.42. The van der Waals surface area contributed by atoms with Crippen LogP contribution >= 0.6 is 0 Å². The van der Waals surface area contributed by atoms with E-state index in [1.54, 1.807) is 12.1 Å². The molecule has 2 fully saturated rings. The number of piperidine rings is 2. The standard InChI is InChI=1S/C20H26FN5/c21-16-6-4-8-18(14-16)26-13-5-7-17(15-26)23-20-22-10-9-19(24-20)25-11-2-1-3-12-25/h4,6,8-10,14,17H,1-3,5,7,11-13,15H2,(H,22,23,24). The molecular weight excluding hydrogens is 329 g/mol. The Morgan fingerprint density at radius 3 is 2.69 bits per heavy atom. The second-order valence-corrected chi connectivity index (χ2v) is 7.20. The van der Waals surface area contributed by atoms with Gasteiger partial charge < -0.3 is 15.1 Å². The predicted octanol–water partition coefficient (Wildman–Crippen LogP) is 3.69. The number of nitrogens with zero attached hydrogens (tertiary/aromatic N) is 4. The topological polar surface area (TPSA) is 44.3 Å². The van der Waals surface area contributed by atoms with E-state index in [0.29, 0.717) is 5.95 Å². The number of anilines is 3. The number of aromatic nitrogens is 2. The average molecular weight is 355 g/mol. The largest absolute Gasteiger partial charge is 0.369 e. The van der Waals surface area contributed by atoms with Gasteiger partial charge in [-0.05, 0) is 56.4 Å². The first-order valence-corrected chi connectivity index (χ1v) is 9.63. The highest BCUT2D eigenvalue weighted by Gasteiger charge is 2.21. The SMILES string of the molecule is Fc1cccc(N2CCCC(Nc3nccc(N4CCCCC4)n3)C2)c1. The van der Waals surface area contributed by atoms with Crippen molar-refractivity contribution in [2.75, 3.05) is 41.3 Å². The van der Waals surface area contributed by atoms with Gasteiger partial charge in [0.1, 0.15) is 11.6 Å². The lowest BCUT2D eigenvalue weighted by Gasteiger charge is -2.35. The molecule has 1 unspecified atom stereocenters. The Bertz CT molecular complexity index is 732. The highest BCUT2D eigenvalue weighted by Crippen LogP contribution is 2.23. The van der Waals surface area contributed by atoms with Crippen molar-refractivity contribution in [3.63, 3.8) is 0 Å². The number of halogens is 1. The van der Waals surface area contributed by atoms with Crippen molar-refractivity contribution in [3.8, 4) is 0 Å². The summed E-state index contributed by atoms with van der Waals surface area (Å²) in [7, 11) is 0. The van der Waals surface area contributed by atoms with E-state index in [9.17, 15) is 4.39 Å². The zero-order valence-electron chi connectivity index (χ0n) is 15.1. The summed E-state index contributed by atoms with van der Waals surface area (Å²) in [6.45, 7) is 3.94. The van der Waals surface area contributed by atoms with Crippen LogP contribution in [0.2, 0.25) is 0 Å². The molecule has 0 bridgehead atoms. The Morgan fingerprint density at radius 2 is 1.85 bits per heavy atom. The van der Waals surface area contributed by atoms with Crippen molar-refractivity contribution >= 4 is 17.5 Å². The van der Waals surface area contributed by atoms with E-state index < -0.39 is 0 Å². The number of hydrogen-bond acceptors (Lipinski definition) is 5. The molecule has 3 heterocycles. The Morgan fingerprint density at radius 1 is 1.00 bits per heavy atom. The maximum absolute atomic E-state index is 13.5. The van der Waals surface area contributed by atoms with Gasteiger partial charge in [0.25, 0.3) is 0 Å². The number of benzene rings is 1. The van der Waals surface area contributed by atoms with Crippen molar-refractivity contribution in [1.82, 2.24) is 9.97 Å². The number of rotatable bonds is 4. The molecule has 0 amide bonds. The molecule has 138 valence electrons. The molecule has 2 saturated heterocycles. The van der Waals surface area contributed by atoms with Crippen LogP contribution in [0.5, 0.6) is 0 Å². The van der Waals surface area contributed by atoms with Crippen LogP contribution in [-0.2, 0) is 0 Å². The summed E-state index contributed by atoms with van der Waals surface area (Å²) in [6, 6.07) is 9.10. The van der Waals surface area contributed by atoms with Gasteiger partial charge in [-0.25, -0.2) is 9.37 Å². The van der Waals surface area contributed by atoms with E-state index in [0.717, 1.165) is 50.5 Å². The first-order valence-electron chi connectivity index (χ1n) is 9.63. The van der Waals surface area contributed by atoms with E-state index in [4.69, 9.17) is 4.98 Å². The fourth-order valence-corrected chi connectivity index (χ4v) is 3.90. The minimum Gasteiger partial charge on any atom is -0.369 e. The average Bonchev–Trinajstić information content (AvgIpc) is 2.69. The van der Waals surface area contributed by atoms with E-state index in [2.05, 4.69) is 20.1 Å². The molecule has 1 aromatic heterocycles. The molecule has 1 N–H and O–H groups in total. The van der Waals surface area contributed by atoms with Crippen LogP contribution in [0.3, 0.4) is 0 Å². The molecule has 2 aliphatic heterocycles. The van der Waals surface area contributed by atoms with E-state index in [-0.39, 0.29) is 11.9 Å². The van der Waals surface area contributed by atoms with Crippen LogP contribution in [0.25, 0.3) is 0 Å². The smallest absolute Gasteiger partial charge is 0.224 e. The van der Waals surface area contributed by atoms with Crippen LogP contribution < -0.4 is 15.1 Å². The Labute approximate surface area is 154 Å². The summed E-state index contributed by atoms with van der Waals surface area (Å²) >= 11 is 0. The summed E-state index contributed by atoms with van der Waals surface area (Å²) in [5.41, 5.74) is 0.944. The van der Waals surface area contributed by atoms with Gasteiger partial charge in [0.15, 0.2) is 0 Å². The van der Waals surface area contributed by atoms with Crippen molar-refractivity contribution in [3.05, 3.63) is 42.3 Å². The fourth-order valence-electron chi connectivity index (χ4n) is 3.90. The van der Waals surface area contributed by atoms with Gasteiger partial charge in [-0.15, -0.1) is 0 Å². The zero-order valence-corrected chi connectivity index (χ0v) is 15.1. The molecule has 0 radical (unpaired) electrons. The third-order valence-corrected chi connectivity index (χ3v) is 5.25. The van der Waals surface area contributed by atoms with Gasteiger partial charge in [0.2, 0.25) is 5.95 Å². The second-order valence-electron chi connectivity index (χ2n) is 7.20. The lowest BCUT2D eigenvalue weighted by atomic mass is 10.0. The number of hydrogen-bond donors (Lipinski definition) is 1. The van der Waals surface area contributed by atoms with Crippen LogP contribution in [0.15, 0.2) is 36.5 Å². The molecule has 1 atom stereocenters. The third kappa shape index (κ3) is 4.06. The Hall–Kier alpha value is -2.37. The van der Waals surface area contributed by atoms with Crippen LogP contribution in [0.1, 0.15) is 32.1 Å². The molecule has 1 aromatic carbocycles. The van der Waals surface area contributed by atoms with Gasteiger partial charge in [-0.1, -0.05) is 6.07 Å². The minimum atomic E-state index is -0.185. The van der Waals surface area contributed by atoms with Crippen LogP contribution in [0, 0.1) is 5.82 Å². The monoisotopic (exact) mass is 355 g/mol. The fraction of sp³-hybridized carbons (Fsp3) is 0.500. The zero-order chi connectivity index (χ0) is 17.8. The maximum Gasteiger partial charge on any atom is 0.224 e. The maximum atomic E-state index is 13.5. The van der Waals surface area contributed by atoms with Crippen molar-refractivity contribution in [1.29, 1.82) is 0 Å². The van der Waals surface area contributed by atoms with Crippen LogP contribution in [-0.4, -0.2) is 42.2 Å². The lowest BCUT2D eigenvalue weighted by molar-refractivity contribution is 0.525. The third-order valence-electron chi connectivity index (χ3n) is 5.25. The van der Waals surface area contributed by atoms with Gasteiger partial charge in [0.05, 0.1) is 0 Å². The molecular formula is C20H26FN5. The summed E-state index contributed by atoms with van der Waals surface area (Å²) < 4.78 is 13.5. The minimum absolute atomic E-state index is 0.185. The molecule has 2 aromatic rings. The molecule has 0 spiro atoms. The molecule has 0 aliphatic carbocycles. The normalized spacial score (nSPS) is 20.9. The number of nitrogens with one attached hydrogen (secondary N) is 1. The summed E-state index contributed by atoms with van der Waals surface area (Å²) in [5.74, 6) is 1.52. The van der Waals surface area contributed by atoms with Gasteiger partial charge in [0, 0.05) is 44.1 Å². The molecule has 26 heavy (non-hydrogen) atoms. The van der Waals surface area contributed by atoms with Gasteiger partial charge >= 0.3 is 0 Å². The van der Waals surface area contributed by atoms with Crippen molar-refractivity contribution in [2.45, 2.75) is 38.1 Å².